The number of aliphatic hydroxyl groups excluding tert-OH is 1. The summed E-state index contributed by atoms with van der Waals surface area (Å²) in [5.74, 6) is 0.910. The molecule has 0 aromatic heterocycles. The first-order valence-corrected chi connectivity index (χ1v) is 9.85. The number of halogens is 2. The molecule has 1 fully saturated rings. The van der Waals surface area contributed by atoms with Crippen molar-refractivity contribution in [3.05, 3.63) is 58.4 Å². The number of rotatable bonds is 7. The van der Waals surface area contributed by atoms with Gasteiger partial charge in [-0.3, -0.25) is 4.90 Å². The Bertz CT molecular complexity index is 816. The van der Waals surface area contributed by atoms with Crippen LogP contribution >= 0.6 is 11.6 Å². The van der Waals surface area contributed by atoms with Crippen molar-refractivity contribution in [3.8, 4) is 11.5 Å². The lowest BCUT2D eigenvalue weighted by Crippen LogP contribution is -2.46. The normalized spacial score (nSPS) is 20.2. The van der Waals surface area contributed by atoms with E-state index in [1.165, 1.54) is 6.07 Å². The topological polar surface area (TPSA) is 41.9 Å². The molecule has 0 amide bonds. The standard InChI is InChI=1S/C22H27ClFNO3/c1-27-19-9-8-17(20(23)21(19)28-2)13-25-11-5-10-22(14-25,15-26)12-16-6-3-4-7-18(16)24/h3-4,6-9,26H,5,10-15H2,1-2H3. The number of piperidine rings is 1. The van der Waals surface area contributed by atoms with Gasteiger partial charge in [0.25, 0.3) is 0 Å². The number of aliphatic hydroxyl groups is 1. The van der Waals surface area contributed by atoms with Gasteiger partial charge in [-0.2, -0.15) is 0 Å². The molecule has 6 heteroatoms. The van der Waals surface area contributed by atoms with E-state index in [9.17, 15) is 9.50 Å². The van der Waals surface area contributed by atoms with Gasteiger partial charge in [0.2, 0.25) is 0 Å². The molecular weight excluding hydrogens is 381 g/mol. The number of likely N-dealkylation sites (tertiary alicyclic amines) is 1. The fourth-order valence-electron chi connectivity index (χ4n) is 4.11. The average molecular weight is 408 g/mol. The highest BCUT2D eigenvalue weighted by atomic mass is 35.5. The molecule has 1 atom stereocenters. The summed E-state index contributed by atoms with van der Waals surface area (Å²) in [7, 11) is 3.15. The van der Waals surface area contributed by atoms with E-state index in [2.05, 4.69) is 4.90 Å². The van der Waals surface area contributed by atoms with Gasteiger partial charge in [-0.1, -0.05) is 35.9 Å². The third-order valence-electron chi connectivity index (χ3n) is 5.56. The highest BCUT2D eigenvalue weighted by Crippen LogP contribution is 2.39. The van der Waals surface area contributed by atoms with E-state index < -0.39 is 0 Å². The molecule has 0 aliphatic carbocycles. The molecule has 4 nitrogen and oxygen atoms in total. The molecule has 2 aromatic carbocycles. The second-order valence-electron chi connectivity index (χ2n) is 7.51. The summed E-state index contributed by atoms with van der Waals surface area (Å²) in [6, 6.07) is 10.6. The van der Waals surface area contributed by atoms with Gasteiger partial charge < -0.3 is 14.6 Å². The minimum Gasteiger partial charge on any atom is -0.493 e. The molecule has 1 aliphatic rings. The smallest absolute Gasteiger partial charge is 0.179 e. The van der Waals surface area contributed by atoms with Gasteiger partial charge in [0.1, 0.15) is 5.82 Å². The predicted molar refractivity (Wildman–Crippen MR) is 109 cm³/mol. The Hall–Kier alpha value is -1.82. The summed E-state index contributed by atoms with van der Waals surface area (Å²) in [6.07, 6.45) is 2.33. The van der Waals surface area contributed by atoms with Crippen molar-refractivity contribution in [3.63, 3.8) is 0 Å². The number of hydrogen-bond acceptors (Lipinski definition) is 4. The summed E-state index contributed by atoms with van der Waals surface area (Å²) in [5.41, 5.74) is 1.24. The molecular formula is C22H27ClFNO3. The number of nitrogens with zero attached hydrogens (tertiary/aromatic N) is 1. The molecule has 1 N–H and O–H groups in total. The van der Waals surface area contributed by atoms with Crippen LogP contribution in [-0.4, -0.2) is 43.9 Å². The van der Waals surface area contributed by atoms with Crippen LogP contribution in [0.2, 0.25) is 5.02 Å². The molecule has 0 saturated carbocycles. The molecule has 0 radical (unpaired) electrons. The molecule has 2 aromatic rings. The Labute approximate surface area is 170 Å². The molecule has 0 bridgehead atoms. The minimum absolute atomic E-state index is 0.0253. The fraction of sp³-hybridized carbons (Fsp3) is 0.455. The van der Waals surface area contributed by atoms with E-state index in [4.69, 9.17) is 21.1 Å². The maximum Gasteiger partial charge on any atom is 0.179 e. The van der Waals surface area contributed by atoms with E-state index in [-0.39, 0.29) is 17.8 Å². The Balaban J connectivity index is 1.78. The monoisotopic (exact) mass is 407 g/mol. The zero-order valence-corrected chi connectivity index (χ0v) is 17.1. The average Bonchev–Trinajstić information content (AvgIpc) is 2.71. The maximum atomic E-state index is 14.2. The zero-order chi connectivity index (χ0) is 20.1. The second-order valence-corrected chi connectivity index (χ2v) is 7.89. The van der Waals surface area contributed by atoms with Gasteiger partial charge in [-0.25, -0.2) is 4.39 Å². The third-order valence-corrected chi connectivity index (χ3v) is 5.97. The summed E-state index contributed by atoms with van der Waals surface area (Å²) in [5, 5.41) is 10.7. The molecule has 1 aliphatic heterocycles. The quantitative estimate of drug-likeness (QED) is 0.742. The number of methoxy groups -OCH3 is 2. The Kier molecular flexibility index (Phi) is 6.81. The van der Waals surface area contributed by atoms with Crippen LogP contribution in [0, 0.1) is 11.2 Å². The van der Waals surface area contributed by atoms with Crippen molar-refractivity contribution >= 4 is 11.6 Å². The first kappa shape index (κ1) is 20.9. The molecule has 1 saturated heterocycles. The van der Waals surface area contributed by atoms with Crippen LogP contribution in [0.25, 0.3) is 0 Å². The Morgan fingerprint density at radius 3 is 2.61 bits per heavy atom. The molecule has 1 unspecified atom stereocenters. The van der Waals surface area contributed by atoms with Crippen LogP contribution in [0.5, 0.6) is 11.5 Å². The lowest BCUT2D eigenvalue weighted by atomic mass is 9.75. The van der Waals surface area contributed by atoms with Crippen LogP contribution in [0.1, 0.15) is 24.0 Å². The van der Waals surface area contributed by atoms with Crippen molar-refractivity contribution in [2.24, 2.45) is 5.41 Å². The van der Waals surface area contributed by atoms with Crippen molar-refractivity contribution in [1.82, 2.24) is 4.90 Å². The van der Waals surface area contributed by atoms with E-state index in [1.807, 2.05) is 18.2 Å². The Morgan fingerprint density at radius 2 is 1.93 bits per heavy atom. The largest absolute Gasteiger partial charge is 0.493 e. The fourth-order valence-corrected chi connectivity index (χ4v) is 4.41. The lowest BCUT2D eigenvalue weighted by Gasteiger charge is -2.42. The second kappa shape index (κ2) is 9.12. The van der Waals surface area contributed by atoms with Crippen LogP contribution < -0.4 is 9.47 Å². The van der Waals surface area contributed by atoms with Gasteiger partial charge in [0, 0.05) is 18.5 Å². The van der Waals surface area contributed by atoms with E-state index in [1.54, 1.807) is 26.4 Å². The molecule has 28 heavy (non-hydrogen) atoms. The number of ether oxygens (including phenoxy) is 2. The van der Waals surface area contributed by atoms with Crippen LogP contribution in [-0.2, 0) is 13.0 Å². The third kappa shape index (κ3) is 4.43. The van der Waals surface area contributed by atoms with Crippen molar-refractivity contribution in [2.45, 2.75) is 25.8 Å². The van der Waals surface area contributed by atoms with Crippen molar-refractivity contribution < 1.29 is 19.0 Å². The predicted octanol–water partition coefficient (Wildman–Crippen LogP) is 4.31. The van der Waals surface area contributed by atoms with E-state index in [0.29, 0.717) is 41.6 Å². The van der Waals surface area contributed by atoms with Gasteiger partial charge >= 0.3 is 0 Å². The zero-order valence-electron chi connectivity index (χ0n) is 16.4. The number of benzene rings is 2. The molecule has 152 valence electrons. The highest BCUT2D eigenvalue weighted by Gasteiger charge is 2.36. The first-order valence-electron chi connectivity index (χ1n) is 9.48. The summed E-state index contributed by atoms with van der Waals surface area (Å²) in [6.45, 7) is 2.25. The molecule has 0 spiro atoms. The van der Waals surface area contributed by atoms with Crippen molar-refractivity contribution in [1.29, 1.82) is 0 Å². The Morgan fingerprint density at radius 1 is 1.14 bits per heavy atom. The van der Waals surface area contributed by atoms with Gasteiger partial charge in [0.15, 0.2) is 11.5 Å². The maximum absolute atomic E-state index is 14.2. The minimum atomic E-state index is -0.358. The first-order chi connectivity index (χ1) is 13.5. The van der Waals surface area contributed by atoms with Crippen LogP contribution in [0.3, 0.4) is 0 Å². The van der Waals surface area contributed by atoms with Gasteiger partial charge in [0.05, 0.1) is 25.8 Å². The summed E-state index contributed by atoms with van der Waals surface area (Å²) >= 11 is 6.54. The van der Waals surface area contributed by atoms with Crippen LogP contribution in [0.4, 0.5) is 4.39 Å². The van der Waals surface area contributed by atoms with E-state index in [0.717, 1.165) is 24.9 Å². The molecule has 3 rings (SSSR count). The highest BCUT2D eigenvalue weighted by molar-refractivity contribution is 6.33. The van der Waals surface area contributed by atoms with Crippen molar-refractivity contribution in [2.75, 3.05) is 33.9 Å². The summed E-state index contributed by atoms with van der Waals surface area (Å²) < 4.78 is 24.9. The van der Waals surface area contributed by atoms with E-state index >= 15 is 0 Å². The number of hydrogen-bond donors (Lipinski definition) is 1. The molecule has 1 heterocycles. The SMILES string of the molecule is COc1ccc(CN2CCCC(CO)(Cc3ccccc3F)C2)c(Cl)c1OC. The lowest BCUT2D eigenvalue weighted by molar-refractivity contribution is 0.0283. The summed E-state index contributed by atoms with van der Waals surface area (Å²) in [4.78, 5) is 2.27. The van der Waals surface area contributed by atoms with Crippen LogP contribution in [0.15, 0.2) is 36.4 Å². The van der Waals surface area contributed by atoms with Gasteiger partial charge in [-0.15, -0.1) is 0 Å². The van der Waals surface area contributed by atoms with Gasteiger partial charge in [-0.05, 0) is 49.1 Å².